The summed E-state index contributed by atoms with van der Waals surface area (Å²) >= 11 is 2.21. The minimum absolute atomic E-state index is 0.792. The molecule has 2 aliphatic heterocycles. The van der Waals surface area contributed by atoms with Crippen molar-refractivity contribution >= 4 is 11.8 Å². The van der Waals surface area contributed by atoms with Gasteiger partial charge in [0, 0.05) is 17.8 Å². The Labute approximate surface area is 105 Å². The first kappa shape index (κ1) is 12.7. The summed E-state index contributed by atoms with van der Waals surface area (Å²) in [5, 5.41) is 4.51. The van der Waals surface area contributed by atoms with Crippen LogP contribution in [0.4, 0.5) is 0 Å². The van der Waals surface area contributed by atoms with E-state index < -0.39 is 0 Å². The zero-order valence-electron chi connectivity index (χ0n) is 10.6. The van der Waals surface area contributed by atoms with E-state index in [0.29, 0.717) is 0 Å². The molecule has 0 aliphatic carbocycles. The lowest BCUT2D eigenvalue weighted by atomic mass is 10.0. The van der Waals surface area contributed by atoms with Crippen molar-refractivity contribution in [1.29, 1.82) is 0 Å². The standard InChI is InChI=1S/C13H26N2S/c1-2-14-12-6-8-15(9-7-12)11-13-5-3-4-10-16-13/h12-14H,2-11H2,1H3. The molecule has 0 saturated carbocycles. The topological polar surface area (TPSA) is 15.3 Å². The van der Waals surface area contributed by atoms with Crippen molar-refractivity contribution in [3.63, 3.8) is 0 Å². The highest BCUT2D eigenvalue weighted by Crippen LogP contribution is 2.26. The van der Waals surface area contributed by atoms with Crippen LogP contribution in [-0.4, -0.2) is 48.1 Å². The molecule has 0 amide bonds. The molecule has 94 valence electrons. The van der Waals surface area contributed by atoms with Crippen LogP contribution in [0.15, 0.2) is 0 Å². The SMILES string of the molecule is CCNC1CCN(CC2CCCCS2)CC1. The molecule has 1 atom stereocenters. The van der Waals surface area contributed by atoms with Gasteiger partial charge in [-0.3, -0.25) is 0 Å². The third-order valence-corrected chi connectivity index (χ3v) is 5.20. The van der Waals surface area contributed by atoms with Gasteiger partial charge in [0.2, 0.25) is 0 Å². The smallest absolute Gasteiger partial charge is 0.0175 e. The number of hydrogen-bond donors (Lipinski definition) is 1. The quantitative estimate of drug-likeness (QED) is 0.815. The molecule has 0 spiro atoms. The number of piperidine rings is 1. The molecule has 0 bridgehead atoms. The lowest BCUT2D eigenvalue weighted by Gasteiger charge is -2.35. The van der Waals surface area contributed by atoms with Crippen LogP contribution in [0.3, 0.4) is 0 Å². The van der Waals surface area contributed by atoms with Crippen molar-refractivity contribution in [1.82, 2.24) is 10.2 Å². The van der Waals surface area contributed by atoms with E-state index in [1.54, 1.807) is 0 Å². The number of nitrogens with one attached hydrogen (secondary N) is 1. The van der Waals surface area contributed by atoms with Crippen LogP contribution in [0, 0.1) is 0 Å². The zero-order valence-corrected chi connectivity index (χ0v) is 11.4. The summed E-state index contributed by atoms with van der Waals surface area (Å²) in [7, 11) is 0. The second-order valence-corrected chi connectivity index (χ2v) is 6.53. The van der Waals surface area contributed by atoms with Gasteiger partial charge in [0.1, 0.15) is 0 Å². The molecule has 0 aromatic rings. The van der Waals surface area contributed by atoms with Gasteiger partial charge in [0.05, 0.1) is 0 Å². The Kier molecular flexibility index (Phi) is 5.46. The Bertz CT molecular complexity index is 184. The molecule has 3 heteroatoms. The minimum atomic E-state index is 0.792. The largest absolute Gasteiger partial charge is 0.314 e. The van der Waals surface area contributed by atoms with Crippen LogP contribution in [0.25, 0.3) is 0 Å². The summed E-state index contributed by atoms with van der Waals surface area (Å²) in [5.41, 5.74) is 0. The van der Waals surface area contributed by atoms with Gasteiger partial charge in [0.15, 0.2) is 0 Å². The van der Waals surface area contributed by atoms with Gasteiger partial charge < -0.3 is 10.2 Å². The zero-order chi connectivity index (χ0) is 11.2. The second kappa shape index (κ2) is 6.87. The van der Waals surface area contributed by atoms with Crippen molar-refractivity contribution in [3.8, 4) is 0 Å². The molecule has 2 heterocycles. The van der Waals surface area contributed by atoms with Gasteiger partial charge in [0.25, 0.3) is 0 Å². The average molecular weight is 242 g/mol. The molecule has 0 aromatic heterocycles. The number of rotatable bonds is 4. The van der Waals surface area contributed by atoms with Gasteiger partial charge in [-0.25, -0.2) is 0 Å². The predicted octanol–water partition coefficient (Wildman–Crippen LogP) is 2.35. The molecule has 0 aromatic carbocycles. The van der Waals surface area contributed by atoms with Crippen LogP contribution in [-0.2, 0) is 0 Å². The highest BCUT2D eigenvalue weighted by atomic mass is 32.2. The van der Waals surface area contributed by atoms with Crippen molar-refractivity contribution in [2.75, 3.05) is 31.9 Å². The van der Waals surface area contributed by atoms with Gasteiger partial charge in [-0.1, -0.05) is 13.3 Å². The van der Waals surface area contributed by atoms with E-state index >= 15 is 0 Å². The Balaban J connectivity index is 1.64. The highest BCUT2D eigenvalue weighted by molar-refractivity contribution is 7.99. The molecule has 1 N–H and O–H groups in total. The van der Waals surface area contributed by atoms with E-state index in [1.807, 2.05) is 0 Å². The third kappa shape index (κ3) is 3.94. The number of thioether (sulfide) groups is 1. The van der Waals surface area contributed by atoms with Gasteiger partial charge in [-0.2, -0.15) is 11.8 Å². The molecule has 16 heavy (non-hydrogen) atoms. The Hall–Kier alpha value is 0.270. The van der Waals surface area contributed by atoms with Crippen LogP contribution in [0.5, 0.6) is 0 Å². The molecule has 2 fully saturated rings. The van der Waals surface area contributed by atoms with Crippen molar-refractivity contribution in [3.05, 3.63) is 0 Å². The predicted molar refractivity (Wildman–Crippen MR) is 73.2 cm³/mol. The van der Waals surface area contributed by atoms with Crippen molar-refractivity contribution in [2.45, 2.75) is 50.3 Å². The van der Waals surface area contributed by atoms with Crippen LogP contribution < -0.4 is 5.32 Å². The maximum absolute atomic E-state index is 3.58. The fourth-order valence-corrected chi connectivity index (χ4v) is 4.20. The summed E-state index contributed by atoms with van der Waals surface area (Å²) in [6.07, 6.45) is 7.07. The molecule has 2 saturated heterocycles. The summed E-state index contributed by atoms with van der Waals surface area (Å²) < 4.78 is 0. The Morgan fingerprint density at radius 3 is 2.62 bits per heavy atom. The molecule has 1 unspecified atom stereocenters. The van der Waals surface area contributed by atoms with E-state index in [0.717, 1.165) is 17.8 Å². The first-order valence-electron chi connectivity index (χ1n) is 6.96. The van der Waals surface area contributed by atoms with E-state index in [2.05, 4.69) is 28.9 Å². The molecule has 2 nitrogen and oxygen atoms in total. The number of likely N-dealkylation sites (tertiary alicyclic amines) is 1. The van der Waals surface area contributed by atoms with E-state index in [4.69, 9.17) is 0 Å². The molecular formula is C13H26N2S. The normalized spacial score (nSPS) is 29.4. The van der Waals surface area contributed by atoms with Crippen LogP contribution in [0.2, 0.25) is 0 Å². The van der Waals surface area contributed by atoms with Crippen LogP contribution in [0.1, 0.15) is 39.0 Å². The minimum Gasteiger partial charge on any atom is -0.314 e. The summed E-state index contributed by atoms with van der Waals surface area (Å²) in [6, 6.07) is 0.792. The second-order valence-electron chi connectivity index (χ2n) is 5.12. The molecule has 2 aliphatic rings. The molecule has 0 radical (unpaired) electrons. The van der Waals surface area contributed by atoms with Gasteiger partial charge >= 0.3 is 0 Å². The van der Waals surface area contributed by atoms with E-state index in [-0.39, 0.29) is 0 Å². The average Bonchev–Trinajstić information content (AvgIpc) is 2.33. The van der Waals surface area contributed by atoms with E-state index in [1.165, 1.54) is 57.5 Å². The Morgan fingerprint density at radius 2 is 2.00 bits per heavy atom. The van der Waals surface area contributed by atoms with Crippen molar-refractivity contribution < 1.29 is 0 Å². The summed E-state index contributed by atoms with van der Waals surface area (Å²) in [4.78, 5) is 2.69. The monoisotopic (exact) mass is 242 g/mol. The Morgan fingerprint density at radius 1 is 1.19 bits per heavy atom. The fourth-order valence-electron chi connectivity index (χ4n) is 2.85. The maximum Gasteiger partial charge on any atom is 0.0175 e. The first-order chi connectivity index (χ1) is 7.88. The first-order valence-corrected chi connectivity index (χ1v) is 8.00. The highest BCUT2D eigenvalue weighted by Gasteiger charge is 2.22. The van der Waals surface area contributed by atoms with Crippen LogP contribution >= 0.6 is 11.8 Å². The van der Waals surface area contributed by atoms with Crippen molar-refractivity contribution in [2.24, 2.45) is 0 Å². The third-order valence-electron chi connectivity index (χ3n) is 3.82. The number of hydrogen-bond acceptors (Lipinski definition) is 3. The van der Waals surface area contributed by atoms with Gasteiger partial charge in [-0.05, 0) is 51.1 Å². The lowest BCUT2D eigenvalue weighted by molar-refractivity contribution is 0.197. The molecular weight excluding hydrogens is 216 g/mol. The van der Waals surface area contributed by atoms with E-state index in [9.17, 15) is 0 Å². The summed E-state index contributed by atoms with van der Waals surface area (Å²) in [6.45, 7) is 7.32. The maximum atomic E-state index is 3.58. The summed E-state index contributed by atoms with van der Waals surface area (Å²) in [5.74, 6) is 1.40. The number of nitrogens with zero attached hydrogens (tertiary/aromatic N) is 1. The lowest BCUT2D eigenvalue weighted by Crippen LogP contribution is -2.44. The molecule has 2 rings (SSSR count). The fraction of sp³-hybridized carbons (Fsp3) is 1.00. The van der Waals surface area contributed by atoms with Gasteiger partial charge in [-0.15, -0.1) is 0 Å².